The topological polar surface area (TPSA) is 93.1 Å². The number of Topliss-reactive ketones (excluding diaryl/α,β-unsaturated/α-hetero) is 1. The smallest absolute Gasteiger partial charge is 0.415 e. The van der Waals surface area contributed by atoms with Gasteiger partial charge in [-0.1, -0.05) is 41.9 Å². The van der Waals surface area contributed by atoms with E-state index >= 15 is 0 Å². The summed E-state index contributed by atoms with van der Waals surface area (Å²) in [7, 11) is 0. The van der Waals surface area contributed by atoms with Crippen LogP contribution in [0.1, 0.15) is 46.6 Å². The van der Waals surface area contributed by atoms with Crippen LogP contribution in [0.2, 0.25) is 4.34 Å². The van der Waals surface area contributed by atoms with Crippen LogP contribution in [0.3, 0.4) is 0 Å². The van der Waals surface area contributed by atoms with Crippen molar-refractivity contribution in [2.75, 3.05) is 13.1 Å². The van der Waals surface area contributed by atoms with Gasteiger partial charge in [0.1, 0.15) is 11.5 Å². The van der Waals surface area contributed by atoms with Gasteiger partial charge in [-0.05, 0) is 87.4 Å². The van der Waals surface area contributed by atoms with Crippen LogP contribution in [0, 0.1) is 25.7 Å². The Kier molecular flexibility index (Phi) is 8.67. The highest BCUT2D eigenvalue weighted by molar-refractivity contribution is 7.18. The van der Waals surface area contributed by atoms with Crippen molar-refractivity contribution in [2.45, 2.75) is 46.1 Å². The summed E-state index contributed by atoms with van der Waals surface area (Å²) in [6.07, 6.45) is 0.899. The number of carbonyl (C=O) groups is 3. The molecule has 206 valence electrons. The van der Waals surface area contributed by atoms with E-state index in [-0.39, 0.29) is 24.2 Å². The standard InChI is InChI=1S/C30H32ClNO6S/c1-18-14-20(15-19(2)27(18)38-30(3,4)28(34)35)10-11-21-16-32(29(36)37-22-8-6-5-7-9-22)17-23(21)26(33)24-12-13-25(31)39-24/h5-9,12-15,21,23H,10-11,16-17H2,1-4H3,(H,34,35). The molecule has 0 aliphatic carbocycles. The third-order valence-electron chi connectivity index (χ3n) is 7.00. The number of carboxylic acids is 1. The van der Waals surface area contributed by atoms with E-state index < -0.39 is 17.7 Å². The molecule has 7 nitrogen and oxygen atoms in total. The van der Waals surface area contributed by atoms with Crippen LogP contribution in [0.25, 0.3) is 0 Å². The Balaban J connectivity index is 1.50. The maximum atomic E-state index is 13.5. The van der Waals surface area contributed by atoms with Gasteiger partial charge < -0.3 is 19.5 Å². The number of hydrogen-bond donors (Lipinski definition) is 1. The number of rotatable bonds is 9. The molecule has 1 aromatic heterocycles. The number of amides is 1. The molecule has 4 rings (SSSR count). The van der Waals surface area contributed by atoms with Gasteiger partial charge >= 0.3 is 12.1 Å². The van der Waals surface area contributed by atoms with Crippen molar-refractivity contribution in [3.8, 4) is 11.5 Å². The predicted molar refractivity (Wildman–Crippen MR) is 151 cm³/mol. The summed E-state index contributed by atoms with van der Waals surface area (Å²) >= 11 is 7.35. The predicted octanol–water partition coefficient (Wildman–Crippen LogP) is 6.82. The minimum atomic E-state index is -1.35. The van der Waals surface area contributed by atoms with Gasteiger partial charge in [0, 0.05) is 19.0 Å². The number of thiophene rings is 1. The zero-order valence-electron chi connectivity index (χ0n) is 22.4. The first-order valence-corrected chi connectivity index (χ1v) is 14.0. The van der Waals surface area contributed by atoms with Crippen molar-refractivity contribution < 1.29 is 29.0 Å². The maximum absolute atomic E-state index is 13.5. The van der Waals surface area contributed by atoms with E-state index in [1.165, 1.54) is 25.2 Å². The number of ketones is 1. The highest BCUT2D eigenvalue weighted by Gasteiger charge is 2.40. The Morgan fingerprint density at radius 2 is 1.72 bits per heavy atom. The molecule has 1 aliphatic rings. The molecule has 0 bridgehead atoms. The fourth-order valence-electron chi connectivity index (χ4n) is 4.89. The maximum Gasteiger partial charge on any atom is 0.415 e. The van der Waals surface area contributed by atoms with Gasteiger partial charge in [-0.2, -0.15) is 0 Å². The van der Waals surface area contributed by atoms with Crippen LogP contribution >= 0.6 is 22.9 Å². The lowest BCUT2D eigenvalue weighted by molar-refractivity contribution is -0.152. The van der Waals surface area contributed by atoms with E-state index in [9.17, 15) is 19.5 Å². The van der Waals surface area contributed by atoms with E-state index in [2.05, 4.69) is 0 Å². The number of para-hydroxylation sites is 1. The number of carboxylic acid groups (broad SMARTS) is 1. The molecule has 0 radical (unpaired) electrons. The summed E-state index contributed by atoms with van der Waals surface area (Å²) in [5, 5.41) is 9.44. The van der Waals surface area contributed by atoms with Crippen molar-refractivity contribution >= 4 is 40.8 Å². The fourth-order valence-corrected chi connectivity index (χ4v) is 5.94. The van der Waals surface area contributed by atoms with Crippen molar-refractivity contribution in [2.24, 2.45) is 11.8 Å². The number of halogens is 1. The molecular formula is C30H32ClNO6S. The van der Waals surface area contributed by atoms with Crippen LogP contribution in [0.15, 0.2) is 54.6 Å². The number of likely N-dealkylation sites (tertiary alicyclic amines) is 1. The van der Waals surface area contributed by atoms with Crippen LogP contribution < -0.4 is 9.47 Å². The second-order valence-corrected chi connectivity index (χ2v) is 12.2. The molecule has 1 amide bonds. The molecule has 2 heterocycles. The van der Waals surface area contributed by atoms with Crippen molar-refractivity contribution in [1.29, 1.82) is 0 Å². The summed E-state index contributed by atoms with van der Waals surface area (Å²) in [6, 6.07) is 16.3. The average Bonchev–Trinajstić information content (AvgIpc) is 3.52. The van der Waals surface area contributed by atoms with E-state index in [4.69, 9.17) is 21.1 Å². The van der Waals surface area contributed by atoms with Crippen molar-refractivity contribution in [3.05, 3.63) is 80.5 Å². The van der Waals surface area contributed by atoms with Crippen LogP contribution in [-0.4, -0.2) is 46.5 Å². The first kappa shape index (κ1) is 28.6. The lowest BCUT2D eigenvalue weighted by atomic mass is 9.86. The molecule has 0 spiro atoms. The Morgan fingerprint density at radius 1 is 1.05 bits per heavy atom. The normalized spacial score (nSPS) is 17.2. The molecular weight excluding hydrogens is 538 g/mol. The molecule has 9 heteroatoms. The van der Waals surface area contributed by atoms with Gasteiger partial charge in [0.2, 0.25) is 0 Å². The number of ether oxygens (including phenoxy) is 2. The van der Waals surface area contributed by atoms with Gasteiger partial charge in [-0.25, -0.2) is 9.59 Å². The lowest BCUT2D eigenvalue weighted by Gasteiger charge is -2.25. The van der Waals surface area contributed by atoms with Crippen molar-refractivity contribution in [1.82, 2.24) is 4.90 Å². The van der Waals surface area contributed by atoms with Gasteiger partial charge in [-0.15, -0.1) is 11.3 Å². The SMILES string of the molecule is Cc1cc(CCC2CN(C(=O)Oc3ccccc3)CC2C(=O)c2ccc(Cl)s2)cc(C)c1OC(C)(C)C(=O)O. The van der Waals surface area contributed by atoms with E-state index in [0.29, 0.717) is 40.1 Å². The number of aliphatic carboxylic acids is 1. The van der Waals surface area contributed by atoms with E-state index in [1.54, 1.807) is 41.3 Å². The quantitative estimate of drug-likeness (QED) is 0.284. The van der Waals surface area contributed by atoms with E-state index in [1.807, 2.05) is 32.0 Å². The minimum Gasteiger partial charge on any atom is -0.478 e. The molecule has 2 aromatic carbocycles. The minimum absolute atomic E-state index is 0.0149. The number of hydrogen-bond acceptors (Lipinski definition) is 6. The summed E-state index contributed by atoms with van der Waals surface area (Å²) in [5.74, 6) is -0.473. The van der Waals surface area contributed by atoms with Crippen LogP contribution in [0.5, 0.6) is 11.5 Å². The van der Waals surface area contributed by atoms with E-state index in [0.717, 1.165) is 16.7 Å². The number of benzene rings is 2. The largest absolute Gasteiger partial charge is 0.478 e. The number of aryl methyl sites for hydroxylation is 3. The lowest BCUT2D eigenvalue weighted by Crippen LogP contribution is -2.38. The first-order chi connectivity index (χ1) is 18.4. The highest BCUT2D eigenvalue weighted by Crippen LogP contribution is 2.35. The molecule has 39 heavy (non-hydrogen) atoms. The van der Waals surface area contributed by atoms with Crippen LogP contribution in [0.4, 0.5) is 4.79 Å². The molecule has 1 aliphatic heterocycles. The van der Waals surface area contributed by atoms with Gasteiger partial charge in [0.25, 0.3) is 0 Å². The Bertz CT molecular complexity index is 1350. The van der Waals surface area contributed by atoms with Gasteiger partial charge in [-0.3, -0.25) is 4.79 Å². The Hall–Kier alpha value is -3.36. The monoisotopic (exact) mass is 569 g/mol. The molecule has 1 saturated heterocycles. The third kappa shape index (κ3) is 6.81. The van der Waals surface area contributed by atoms with Gasteiger partial charge in [0.15, 0.2) is 11.4 Å². The molecule has 2 unspecified atom stereocenters. The van der Waals surface area contributed by atoms with Crippen LogP contribution in [-0.2, 0) is 11.2 Å². The summed E-state index contributed by atoms with van der Waals surface area (Å²) < 4.78 is 11.9. The molecule has 0 saturated carbocycles. The number of carbonyl (C=O) groups excluding carboxylic acids is 2. The fraction of sp³-hybridized carbons (Fsp3) is 0.367. The average molecular weight is 570 g/mol. The third-order valence-corrected chi connectivity index (χ3v) is 8.24. The zero-order chi connectivity index (χ0) is 28.3. The highest BCUT2D eigenvalue weighted by atomic mass is 35.5. The van der Waals surface area contributed by atoms with Gasteiger partial charge in [0.05, 0.1) is 9.21 Å². The Morgan fingerprint density at radius 3 is 2.31 bits per heavy atom. The van der Waals surface area contributed by atoms with Crippen molar-refractivity contribution in [3.63, 3.8) is 0 Å². The molecule has 1 N–H and O–H groups in total. The Labute approximate surface area is 237 Å². The zero-order valence-corrected chi connectivity index (χ0v) is 24.0. The first-order valence-electron chi connectivity index (χ1n) is 12.8. The summed E-state index contributed by atoms with van der Waals surface area (Å²) in [4.78, 5) is 40.1. The summed E-state index contributed by atoms with van der Waals surface area (Å²) in [5.41, 5.74) is 1.40. The second kappa shape index (κ2) is 11.8. The molecule has 2 atom stereocenters. The number of nitrogens with zero attached hydrogens (tertiary/aromatic N) is 1. The molecule has 1 fully saturated rings. The summed E-state index contributed by atoms with van der Waals surface area (Å²) in [6.45, 7) is 7.53. The second-order valence-electron chi connectivity index (χ2n) is 10.4. The molecule has 3 aromatic rings.